The first-order valence-electron chi connectivity index (χ1n) is 16.3. The third kappa shape index (κ3) is 8.89. The summed E-state index contributed by atoms with van der Waals surface area (Å²) in [7, 11) is -4.19. The van der Waals surface area contributed by atoms with E-state index in [2.05, 4.69) is 137 Å². The minimum atomic E-state index is -4.19. The quantitative estimate of drug-likeness (QED) is 0.135. The van der Waals surface area contributed by atoms with E-state index >= 15 is 0 Å². The summed E-state index contributed by atoms with van der Waals surface area (Å²) in [5.74, 6) is 0. The van der Waals surface area contributed by atoms with Gasteiger partial charge in [-0.3, -0.25) is 0 Å². The van der Waals surface area contributed by atoms with Gasteiger partial charge in [0, 0.05) is 45.0 Å². The number of fused-ring (bicyclic) bond motifs is 2. The molecule has 0 fully saturated rings. The Hall–Kier alpha value is -3.61. The van der Waals surface area contributed by atoms with Crippen molar-refractivity contribution < 1.29 is 33.4 Å². The van der Waals surface area contributed by atoms with Gasteiger partial charge in [-0.1, -0.05) is 88.8 Å². The van der Waals surface area contributed by atoms with Crippen molar-refractivity contribution in [1.29, 1.82) is 0 Å². The SMILES string of the molecule is CCN1/C(=C/C=C2\CCC(/C=C/c3sc4ccc(Cl)cc4[n+]3CC)=C2N(c2ccccc2)c2ccccc2)Sc2ccc(Cl)cc21.[O-][Cl+](O)(O)O. The van der Waals surface area contributed by atoms with Gasteiger partial charge >= 0.3 is 28.9 Å². The van der Waals surface area contributed by atoms with Gasteiger partial charge < -0.3 is 9.80 Å². The van der Waals surface area contributed by atoms with Crippen molar-refractivity contribution in [2.75, 3.05) is 16.3 Å². The molecule has 7 nitrogen and oxygen atoms in total. The van der Waals surface area contributed by atoms with E-state index in [1.807, 2.05) is 35.2 Å². The average molecular weight is 782 g/mol. The molecule has 3 N–H and O–H groups in total. The van der Waals surface area contributed by atoms with E-state index in [9.17, 15) is 0 Å². The Labute approximate surface area is 318 Å². The number of aryl methyl sites for hydroxylation is 1. The Balaban J connectivity index is 0.000000839. The molecule has 0 saturated heterocycles. The molecule has 2 heterocycles. The van der Waals surface area contributed by atoms with E-state index in [1.54, 1.807) is 0 Å². The van der Waals surface area contributed by atoms with Crippen molar-refractivity contribution in [3.8, 4) is 0 Å². The molecule has 0 atom stereocenters. The number of anilines is 3. The van der Waals surface area contributed by atoms with Crippen LogP contribution in [0.25, 0.3) is 16.3 Å². The maximum absolute atomic E-state index is 8.83. The van der Waals surface area contributed by atoms with E-state index in [0.29, 0.717) is 0 Å². The van der Waals surface area contributed by atoms with E-state index in [0.717, 1.165) is 47.4 Å². The van der Waals surface area contributed by atoms with Crippen molar-refractivity contribution >= 4 is 79.7 Å². The van der Waals surface area contributed by atoms with Gasteiger partial charge in [0.25, 0.3) is 5.01 Å². The first kappa shape index (κ1) is 37.2. The summed E-state index contributed by atoms with van der Waals surface area (Å²) < 4.78 is 33.8. The Morgan fingerprint density at radius 2 is 1.47 bits per heavy atom. The molecular formula is C39H37Cl3N3O4S2+. The van der Waals surface area contributed by atoms with Gasteiger partial charge in [0.05, 0.1) is 16.4 Å². The van der Waals surface area contributed by atoms with Crippen molar-refractivity contribution in [3.05, 3.63) is 152 Å². The van der Waals surface area contributed by atoms with Crippen LogP contribution in [0.4, 0.5) is 17.1 Å². The van der Waals surface area contributed by atoms with Crippen molar-refractivity contribution in [1.82, 2.24) is 0 Å². The Morgan fingerprint density at radius 3 is 2.10 bits per heavy atom. The fraction of sp³-hybridized carbons (Fsp3) is 0.154. The second kappa shape index (κ2) is 16.4. The Kier molecular flexibility index (Phi) is 11.9. The second-order valence-corrected chi connectivity index (χ2v) is 15.5. The summed E-state index contributed by atoms with van der Waals surface area (Å²) in [6, 6.07) is 33.8. The summed E-state index contributed by atoms with van der Waals surface area (Å²) in [6.45, 7) is 6.14. The molecule has 1 aromatic heterocycles. The monoisotopic (exact) mass is 780 g/mol. The topological polar surface area (TPSA) is 94.1 Å². The van der Waals surface area contributed by atoms with E-state index in [4.69, 9.17) is 41.8 Å². The van der Waals surface area contributed by atoms with Crippen LogP contribution < -0.4 is 19.0 Å². The molecule has 0 radical (unpaired) electrons. The predicted octanol–water partition coefficient (Wildman–Crippen LogP) is 8.95. The fourth-order valence-electron chi connectivity index (χ4n) is 6.28. The number of thiazole rings is 1. The van der Waals surface area contributed by atoms with Gasteiger partial charge in [-0.2, -0.15) is 4.57 Å². The first-order valence-corrected chi connectivity index (χ1v) is 20.0. The van der Waals surface area contributed by atoms with Gasteiger partial charge in [-0.05, 0) is 105 Å². The molecule has 5 aromatic rings. The summed E-state index contributed by atoms with van der Waals surface area (Å²) >= 11 is 16.4. The number of hydrogen-bond acceptors (Lipinski definition) is 8. The summed E-state index contributed by atoms with van der Waals surface area (Å²) in [5.41, 5.74) is 8.52. The molecule has 0 bridgehead atoms. The molecule has 51 heavy (non-hydrogen) atoms. The zero-order chi connectivity index (χ0) is 36.1. The number of rotatable bonds is 8. The van der Waals surface area contributed by atoms with Crippen LogP contribution in [0.3, 0.4) is 0 Å². The first-order chi connectivity index (χ1) is 24.5. The number of nitrogens with zero attached hydrogens (tertiary/aromatic N) is 3. The summed E-state index contributed by atoms with van der Waals surface area (Å²) in [5, 5.41) is 3.97. The number of thioether (sulfide) groups is 1. The molecule has 264 valence electrons. The molecule has 1 aliphatic heterocycles. The predicted molar refractivity (Wildman–Crippen MR) is 206 cm³/mol. The molecule has 0 unspecified atom stereocenters. The Morgan fingerprint density at radius 1 is 0.843 bits per heavy atom. The van der Waals surface area contributed by atoms with E-state index < -0.39 is 10.2 Å². The number of allylic oxidation sites excluding steroid dienone is 5. The van der Waals surface area contributed by atoms with Gasteiger partial charge in [0.2, 0.25) is 5.52 Å². The van der Waals surface area contributed by atoms with Crippen LogP contribution in [0.15, 0.2) is 142 Å². The van der Waals surface area contributed by atoms with Crippen LogP contribution in [-0.4, -0.2) is 20.5 Å². The van der Waals surface area contributed by atoms with Crippen molar-refractivity contribution in [2.24, 2.45) is 0 Å². The number of benzene rings is 4. The maximum atomic E-state index is 8.83. The number of para-hydroxylation sites is 2. The molecule has 2 aliphatic rings. The van der Waals surface area contributed by atoms with Crippen molar-refractivity contribution in [3.63, 3.8) is 0 Å². The summed E-state index contributed by atoms with van der Waals surface area (Å²) in [4.78, 5) is 6.01. The van der Waals surface area contributed by atoms with E-state index in [-0.39, 0.29) is 0 Å². The van der Waals surface area contributed by atoms with Crippen LogP contribution in [-0.2, 0) is 6.54 Å². The van der Waals surface area contributed by atoms with Gasteiger partial charge in [-0.25, -0.2) is 0 Å². The molecule has 0 amide bonds. The second-order valence-electron chi connectivity index (χ2n) is 11.6. The molecule has 4 aromatic carbocycles. The third-order valence-electron chi connectivity index (χ3n) is 8.40. The number of aromatic nitrogens is 1. The average Bonchev–Trinajstić information content (AvgIpc) is 3.78. The standard InChI is InChI=1S/C39H34Cl2N3S2.ClH3O4/c1-3-42-33-25-29(40)19-21-35(33)45-37(42)23-17-27-15-16-28(18-24-38-43(4-2)34-26-30(41)20-22-36(34)46-38)39(27)44(31-11-7-5-8-12-31)32-13-9-6-10-14-32;2-1(3,4)5/h5-14,17-26H,3-4,15-16H2,1-2H3;2-4H/q+1;. The van der Waals surface area contributed by atoms with E-state index in [1.165, 1.54) is 47.7 Å². The fourth-order valence-corrected chi connectivity index (χ4v) is 8.83. The van der Waals surface area contributed by atoms with Crippen LogP contribution in [0, 0.1) is 10.2 Å². The zero-order valence-corrected chi connectivity index (χ0v) is 31.8. The molecule has 7 rings (SSSR count). The van der Waals surface area contributed by atoms with Gasteiger partial charge in [0.1, 0.15) is 11.2 Å². The third-order valence-corrected chi connectivity index (χ3v) is 11.1. The van der Waals surface area contributed by atoms with Crippen LogP contribution in [0.1, 0.15) is 31.7 Å². The molecule has 0 spiro atoms. The normalized spacial score (nSPS) is 16.4. The van der Waals surface area contributed by atoms with Crippen LogP contribution in [0.2, 0.25) is 10.0 Å². The Bertz CT molecular complexity index is 2100. The molecule has 1 aliphatic carbocycles. The van der Waals surface area contributed by atoms with Crippen LogP contribution in [0.5, 0.6) is 0 Å². The molecule has 0 saturated carbocycles. The number of hydrogen-bond donors (Lipinski definition) is 3. The van der Waals surface area contributed by atoms with Gasteiger partial charge in [-0.15, -0.1) is 0 Å². The summed E-state index contributed by atoms with van der Waals surface area (Å²) in [6.07, 6.45) is 11.2. The van der Waals surface area contributed by atoms with Gasteiger partial charge in [0.15, 0.2) is 0 Å². The molecule has 12 heteroatoms. The van der Waals surface area contributed by atoms with Crippen molar-refractivity contribution in [2.45, 2.75) is 38.1 Å². The van der Waals surface area contributed by atoms with Crippen LogP contribution >= 0.6 is 46.3 Å². The zero-order valence-electron chi connectivity index (χ0n) is 27.9. The molecular weight excluding hydrogens is 745 g/mol. The number of halogens is 3. The minimum absolute atomic E-state index is 0.766.